The summed E-state index contributed by atoms with van der Waals surface area (Å²) >= 11 is 0. The Bertz CT molecular complexity index is 1270. The third-order valence-electron chi connectivity index (χ3n) is 5.91. The van der Waals surface area contributed by atoms with Gasteiger partial charge in [-0.15, -0.1) is 0 Å². The minimum atomic E-state index is -0.651. The highest BCUT2D eigenvalue weighted by Gasteiger charge is 2.25. The molecule has 2 aromatic carbocycles. The maximum absolute atomic E-state index is 13.4. The average molecular weight is 475 g/mol. The summed E-state index contributed by atoms with van der Waals surface area (Å²) in [4.78, 5) is 26.3. The first-order valence-electron chi connectivity index (χ1n) is 11.7. The van der Waals surface area contributed by atoms with Crippen molar-refractivity contribution in [2.45, 2.75) is 46.1 Å². The first kappa shape index (κ1) is 25.6. The smallest absolute Gasteiger partial charge is 0.271 e. The van der Waals surface area contributed by atoms with E-state index < -0.39 is 17.2 Å². The summed E-state index contributed by atoms with van der Waals surface area (Å²) in [6, 6.07) is 15.5. The maximum Gasteiger partial charge on any atom is 0.271 e. The Morgan fingerprint density at radius 3 is 2.29 bits per heavy atom. The van der Waals surface area contributed by atoms with Crippen LogP contribution < -0.4 is 15.0 Å². The number of nitriles is 1. The van der Waals surface area contributed by atoms with Crippen molar-refractivity contribution in [1.29, 1.82) is 5.26 Å². The Balaban J connectivity index is 1.90. The van der Waals surface area contributed by atoms with Crippen molar-refractivity contribution < 1.29 is 19.4 Å². The standard InChI is InChI=1S/C28H30N2O5/c1-4-5-6-7-16-35-23-14-10-21(11-15-23)26(31)25-19(2)24(17-29)27(32)30(28(25)33)18-20-8-12-22(34-3)13-9-20/h8-15,33H,4-7,16,18H2,1-3H3. The Kier molecular flexibility index (Phi) is 8.69. The molecule has 0 aliphatic heterocycles. The van der Waals surface area contributed by atoms with Crippen LogP contribution in [0.3, 0.4) is 0 Å². The minimum absolute atomic E-state index is 0.00525. The summed E-state index contributed by atoms with van der Waals surface area (Å²) in [6.45, 7) is 4.25. The number of ketones is 1. The number of aromatic nitrogens is 1. The summed E-state index contributed by atoms with van der Waals surface area (Å²) in [7, 11) is 1.55. The van der Waals surface area contributed by atoms with Crippen molar-refractivity contribution in [3.05, 3.63) is 86.7 Å². The lowest BCUT2D eigenvalue weighted by molar-refractivity contribution is 0.103. The van der Waals surface area contributed by atoms with E-state index in [4.69, 9.17) is 9.47 Å². The molecule has 1 aromatic heterocycles. The van der Waals surface area contributed by atoms with Crippen molar-refractivity contribution in [3.8, 4) is 23.4 Å². The number of ether oxygens (including phenoxy) is 2. The lowest BCUT2D eigenvalue weighted by Crippen LogP contribution is -2.27. The number of unbranched alkanes of at least 4 members (excludes halogenated alkanes) is 3. The number of nitrogens with zero attached hydrogens (tertiary/aromatic N) is 2. The summed E-state index contributed by atoms with van der Waals surface area (Å²) < 4.78 is 11.9. The third-order valence-corrected chi connectivity index (χ3v) is 5.91. The molecular formula is C28H30N2O5. The quantitative estimate of drug-likeness (QED) is 0.311. The van der Waals surface area contributed by atoms with Crippen LogP contribution in [0.15, 0.2) is 53.3 Å². The van der Waals surface area contributed by atoms with Gasteiger partial charge < -0.3 is 14.6 Å². The summed E-state index contributed by atoms with van der Waals surface area (Å²) in [5, 5.41) is 20.6. The number of hydrogen-bond donors (Lipinski definition) is 1. The average Bonchev–Trinajstić information content (AvgIpc) is 2.87. The third kappa shape index (κ3) is 5.90. The lowest BCUT2D eigenvalue weighted by Gasteiger charge is -2.16. The SMILES string of the molecule is CCCCCCOc1ccc(C(=O)c2c(C)c(C#N)c(=O)n(Cc3ccc(OC)cc3)c2O)cc1. The van der Waals surface area contributed by atoms with Gasteiger partial charge in [-0.05, 0) is 60.9 Å². The van der Waals surface area contributed by atoms with Gasteiger partial charge in [-0.1, -0.05) is 38.3 Å². The van der Waals surface area contributed by atoms with Crippen LogP contribution in [0.4, 0.5) is 0 Å². The highest BCUT2D eigenvalue weighted by atomic mass is 16.5. The molecule has 7 nitrogen and oxygen atoms in total. The molecule has 1 N–H and O–H groups in total. The van der Waals surface area contributed by atoms with Crippen LogP contribution in [-0.2, 0) is 6.54 Å². The molecule has 0 spiro atoms. The molecular weight excluding hydrogens is 444 g/mol. The number of carbonyl (C=O) groups is 1. The topological polar surface area (TPSA) is 102 Å². The number of benzene rings is 2. The molecule has 0 radical (unpaired) electrons. The van der Waals surface area contributed by atoms with Crippen LogP contribution in [0.2, 0.25) is 0 Å². The van der Waals surface area contributed by atoms with E-state index in [1.807, 2.05) is 6.07 Å². The fourth-order valence-corrected chi connectivity index (χ4v) is 3.85. The number of aromatic hydroxyl groups is 1. The van der Waals surface area contributed by atoms with E-state index in [9.17, 15) is 20.0 Å². The van der Waals surface area contributed by atoms with E-state index in [0.29, 0.717) is 29.2 Å². The van der Waals surface area contributed by atoms with Crippen LogP contribution in [0.25, 0.3) is 0 Å². The minimum Gasteiger partial charge on any atom is -0.497 e. The van der Waals surface area contributed by atoms with Crippen LogP contribution in [-0.4, -0.2) is 29.2 Å². The van der Waals surface area contributed by atoms with Crippen LogP contribution in [0, 0.1) is 18.3 Å². The fraction of sp³-hybridized carbons (Fsp3) is 0.321. The van der Waals surface area contributed by atoms with Crippen LogP contribution in [0.5, 0.6) is 17.4 Å². The molecule has 182 valence electrons. The Hall–Kier alpha value is -4.05. The number of pyridine rings is 1. The van der Waals surface area contributed by atoms with E-state index >= 15 is 0 Å². The van der Waals surface area contributed by atoms with Gasteiger partial charge in [-0.25, -0.2) is 0 Å². The molecule has 35 heavy (non-hydrogen) atoms. The molecule has 0 amide bonds. The maximum atomic E-state index is 13.4. The van der Waals surface area contributed by atoms with Gasteiger partial charge in [0.1, 0.15) is 23.1 Å². The van der Waals surface area contributed by atoms with Gasteiger partial charge >= 0.3 is 0 Å². The highest BCUT2D eigenvalue weighted by molar-refractivity contribution is 6.11. The highest BCUT2D eigenvalue weighted by Crippen LogP contribution is 2.27. The van der Waals surface area contributed by atoms with E-state index in [0.717, 1.165) is 23.8 Å². The van der Waals surface area contributed by atoms with E-state index in [1.54, 1.807) is 55.6 Å². The lowest BCUT2D eigenvalue weighted by atomic mass is 9.97. The van der Waals surface area contributed by atoms with Crippen LogP contribution in [0.1, 0.15) is 65.2 Å². The molecule has 0 unspecified atom stereocenters. The molecule has 0 saturated heterocycles. The van der Waals surface area contributed by atoms with Crippen molar-refractivity contribution >= 4 is 5.78 Å². The molecule has 0 saturated carbocycles. The number of rotatable bonds is 11. The van der Waals surface area contributed by atoms with E-state index in [2.05, 4.69) is 6.92 Å². The zero-order valence-electron chi connectivity index (χ0n) is 20.3. The monoisotopic (exact) mass is 474 g/mol. The van der Waals surface area contributed by atoms with Crippen molar-refractivity contribution in [3.63, 3.8) is 0 Å². The number of carbonyl (C=O) groups excluding carboxylic acids is 1. The molecule has 3 rings (SSSR count). The van der Waals surface area contributed by atoms with E-state index in [1.165, 1.54) is 13.3 Å². The van der Waals surface area contributed by atoms with Crippen molar-refractivity contribution in [2.75, 3.05) is 13.7 Å². The Labute approximate surface area is 205 Å². The van der Waals surface area contributed by atoms with Crippen molar-refractivity contribution in [2.24, 2.45) is 0 Å². The molecule has 1 heterocycles. The predicted octanol–water partition coefficient (Wildman–Crippen LogP) is 4.98. The molecule has 0 aliphatic carbocycles. The summed E-state index contributed by atoms with van der Waals surface area (Å²) in [5.74, 6) is 0.357. The van der Waals surface area contributed by atoms with Gasteiger partial charge in [0.15, 0.2) is 5.78 Å². The summed E-state index contributed by atoms with van der Waals surface area (Å²) in [6.07, 6.45) is 4.41. The Morgan fingerprint density at radius 1 is 1.03 bits per heavy atom. The molecule has 0 atom stereocenters. The first-order valence-corrected chi connectivity index (χ1v) is 11.7. The number of methoxy groups -OCH3 is 1. The second-order valence-electron chi connectivity index (χ2n) is 8.31. The van der Waals surface area contributed by atoms with Gasteiger partial charge in [-0.2, -0.15) is 5.26 Å². The summed E-state index contributed by atoms with van der Waals surface area (Å²) in [5.41, 5.74) is 0.286. The normalized spacial score (nSPS) is 10.6. The van der Waals surface area contributed by atoms with Gasteiger partial charge in [0, 0.05) is 5.56 Å². The molecule has 0 fully saturated rings. The zero-order chi connectivity index (χ0) is 25.4. The van der Waals surface area contributed by atoms with E-state index in [-0.39, 0.29) is 23.2 Å². The zero-order valence-corrected chi connectivity index (χ0v) is 20.3. The van der Waals surface area contributed by atoms with Gasteiger partial charge in [0.25, 0.3) is 5.56 Å². The van der Waals surface area contributed by atoms with Crippen LogP contribution >= 0.6 is 0 Å². The molecule has 0 aliphatic rings. The second-order valence-corrected chi connectivity index (χ2v) is 8.31. The molecule has 3 aromatic rings. The van der Waals surface area contributed by atoms with Gasteiger partial charge in [0.05, 0.1) is 25.8 Å². The second kappa shape index (κ2) is 11.9. The van der Waals surface area contributed by atoms with Crippen molar-refractivity contribution in [1.82, 2.24) is 4.57 Å². The predicted molar refractivity (Wildman–Crippen MR) is 133 cm³/mol. The molecule has 0 bridgehead atoms. The fourth-order valence-electron chi connectivity index (χ4n) is 3.85. The Morgan fingerprint density at radius 2 is 1.69 bits per heavy atom. The largest absolute Gasteiger partial charge is 0.497 e. The van der Waals surface area contributed by atoms with Gasteiger partial charge in [0.2, 0.25) is 5.88 Å². The number of hydrogen-bond acceptors (Lipinski definition) is 6. The van der Waals surface area contributed by atoms with Gasteiger partial charge in [-0.3, -0.25) is 14.2 Å². The molecule has 7 heteroatoms. The first-order chi connectivity index (χ1) is 16.9.